The lowest BCUT2D eigenvalue weighted by Crippen LogP contribution is -2.30. The van der Waals surface area contributed by atoms with Gasteiger partial charge >= 0.3 is 0 Å². The van der Waals surface area contributed by atoms with E-state index in [9.17, 15) is 9.59 Å². The number of aromatic nitrogens is 2. The molecular weight excluding hydrogens is 324 g/mol. The molecule has 0 bridgehead atoms. The fraction of sp³-hybridized carbons (Fsp3) is 0.235. The number of hydrogen-bond donors (Lipinski definition) is 2. The zero-order valence-electron chi connectivity index (χ0n) is 13.5. The number of hydrogen-bond acceptors (Lipinski definition) is 5. The molecule has 2 aromatic heterocycles. The largest absolute Gasteiger partial charge is 0.397 e. The number of nitrogen functional groups attached to an aromatic ring is 1. The number of benzene rings is 1. The summed E-state index contributed by atoms with van der Waals surface area (Å²) in [5.74, 6) is 0.303. The molecule has 0 aliphatic rings. The number of thiophene rings is 1. The Kier molecular flexibility index (Phi) is 4.35. The predicted molar refractivity (Wildman–Crippen MR) is 97.3 cm³/mol. The van der Waals surface area contributed by atoms with Crippen molar-refractivity contribution in [2.45, 2.75) is 13.8 Å². The maximum absolute atomic E-state index is 12.6. The van der Waals surface area contributed by atoms with E-state index in [4.69, 9.17) is 5.73 Å². The minimum Gasteiger partial charge on any atom is -0.397 e. The van der Waals surface area contributed by atoms with Crippen LogP contribution >= 0.6 is 11.3 Å². The molecule has 0 saturated carbocycles. The number of H-pyrrole nitrogens is 1. The van der Waals surface area contributed by atoms with Crippen molar-refractivity contribution in [2.24, 2.45) is 0 Å². The van der Waals surface area contributed by atoms with Crippen LogP contribution in [-0.2, 0) is 0 Å². The van der Waals surface area contributed by atoms with Gasteiger partial charge in [0.2, 0.25) is 0 Å². The zero-order chi connectivity index (χ0) is 17.3. The van der Waals surface area contributed by atoms with Crippen molar-refractivity contribution in [2.75, 3.05) is 18.8 Å². The van der Waals surface area contributed by atoms with Crippen LogP contribution in [0, 0.1) is 0 Å². The second-order valence-corrected chi connectivity index (χ2v) is 6.28. The van der Waals surface area contributed by atoms with Gasteiger partial charge < -0.3 is 15.6 Å². The van der Waals surface area contributed by atoms with E-state index in [1.54, 1.807) is 4.90 Å². The Morgan fingerprint density at radius 3 is 2.54 bits per heavy atom. The number of carbonyl (C=O) groups excluding carboxylic acids is 1. The minimum atomic E-state index is -0.328. The average molecular weight is 342 g/mol. The third-order valence-electron chi connectivity index (χ3n) is 3.89. The number of anilines is 1. The number of aromatic amines is 1. The minimum absolute atomic E-state index is 0.166. The first-order chi connectivity index (χ1) is 11.6. The number of fused-ring (bicyclic) bond motifs is 1. The first kappa shape index (κ1) is 16.2. The zero-order valence-corrected chi connectivity index (χ0v) is 14.3. The molecule has 0 unspecified atom stereocenters. The average Bonchev–Trinajstić information content (AvgIpc) is 2.94. The topological polar surface area (TPSA) is 92.1 Å². The van der Waals surface area contributed by atoms with Gasteiger partial charge in [-0.05, 0) is 13.8 Å². The second-order valence-electron chi connectivity index (χ2n) is 5.28. The molecule has 3 aromatic rings. The van der Waals surface area contributed by atoms with E-state index < -0.39 is 0 Å². The SMILES string of the molecule is CCN(CC)C(=O)c1sc2nc(-c3ccccc3)[nH]c(=O)c2c1N. The molecule has 24 heavy (non-hydrogen) atoms. The maximum Gasteiger partial charge on any atom is 0.266 e. The Hall–Kier alpha value is -2.67. The highest BCUT2D eigenvalue weighted by Gasteiger charge is 2.23. The summed E-state index contributed by atoms with van der Waals surface area (Å²) in [5, 5.41) is 0.287. The highest BCUT2D eigenvalue weighted by atomic mass is 32.1. The Morgan fingerprint density at radius 2 is 1.92 bits per heavy atom. The molecule has 0 aliphatic carbocycles. The van der Waals surface area contributed by atoms with Crippen molar-refractivity contribution in [3.05, 3.63) is 45.6 Å². The summed E-state index contributed by atoms with van der Waals surface area (Å²) in [5.41, 5.74) is 6.77. The van der Waals surface area contributed by atoms with Gasteiger partial charge in [0.05, 0.1) is 5.69 Å². The molecular formula is C17H18N4O2S. The Bertz CT molecular complexity index is 942. The molecule has 0 saturated heterocycles. The molecule has 0 radical (unpaired) electrons. The number of nitrogens with zero attached hydrogens (tertiary/aromatic N) is 2. The van der Waals surface area contributed by atoms with E-state index in [2.05, 4.69) is 9.97 Å². The summed E-state index contributed by atoms with van der Waals surface area (Å²) >= 11 is 1.17. The van der Waals surface area contributed by atoms with Gasteiger partial charge in [0.1, 0.15) is 20.9 Å². The molecule has 1 aromatic carbocycles. The molecule has 1 amide bonds. The molecule has 0 aliphatic heterocycles. The van der Waals surface area contributed by atoms with Crippen LogP contribution in [0.2, 0.25) is 0 Å². The van der Waals surface area contributed by atoms with Crippen LogP contribution in [0.4, 0.5) is 5.69 Å². The van der Waals surface area contributed by atoms with E-state index in [1.165, 1.54) is 11.3 Å². The first-order valence-corrected chi connectivity index (χ1v) is 8.55. The quantitative estimate of drug-likeness (QED) is 0.762. The normalized spacial score (nSPS) is 10.9. The van der Waals surface area contributed by atoms with Gasteiger partial charge in [-0.3, -0.25) is 9.59 Å². The van der Waals surface area contributed by atoms with E-state index in [0.717, 1.165) is 5.56 Å². The third-order valence-corrected chi connectivity index (χ3v) is 4.98. The monoisotopic (exact) mass is 342 g/mol. The molecule has 0 fully saturated rings. The standard InChI is InChI=1S/C17H18N4O2S/c1-3-21(4-2)17(23)13-12(18)11-15(22)19-14(20-16(11)24-13)10-8-6-5-7-9-10/h5-9H,3-4,18H2,1-2H3,(H,19,20,22). The van der Waals surface area contributed by atoms with Crippen molar-refractivity contribution in [3.63, 3.8) is 0 Å². The lowest BCUT2D eigenvalue weighted by atomic mass is 10.2. The maximum atomic E-state index is 12.6. The molecule has 3 rings (SSSR count). The van der Waals surface area contributed by atoms with Gasteiger partial charge in [0.15, 0.2) is 0 Å². The van der Waals surface area contributed by atoms with Crippen LogP contribution in [0.1, 0.15) is 23.5 Å². The van der Waals surface area contributed by atoms with Crippen LogP contribution in [0.3, 0.4) is 0 Å². The molecule has 0 spiro atoms. The lowest BCUT2D eigenvalue weighted by Gasteiger charge is -2.17. The van der Waals surface area contributed by atoms with Crippen LogP contribution in [0.15, 0.2) is 35.1 Å². The number of nitrogens with one attached hydrogen (secondary N) is 1. The first-order valence-electron chi connectivity index (χ1n) is 7.73. The molecule has 3 N–H and O–H groups in total. The highest BCUT2D eigenvalue weighted by molar-refractivity contribution is 7.21. The lowest BCUT2D eigenvalue weighted by molar-refractivity contribution is 0.0779. The van der Waals surface area contributed by atoms with Crippen molar-refractivity contribution >= 4 is 33.1 Å². The van der Waals surface area contributed by atoms with E-state index in [-0.39, 0.29) is 22.5 Å². The summed E-state index contributed by atoms with van der Waals surface area (Å²) in [4.78, 5) is 34.8. The Labute approximate surface area is 142 Å². The summed E-state index contributed by atoms with van der Waals surface area (Å²) in [7, 11) is 0. The molecule has 7 heteroatoms. The van der Waals surface area contributed by atoms with Crippen LogP contribution < -0.4 is 11.3 Å². The number of nitrogens with two attached hydrogens (primary N) is 1. The van der Waals surface area contributed by atoms with Crippen LogP contribution in [-0.4, -0.2) is 33.9 Å². The summed E-state index contributed by atoms with van der Waals surface area (Å²) in [6.07, 6.45) is 0. The smallest absolute Gasteiger partial charge is 0.266 e. The van der Waals surface area contributed by atoms with Crippen molar-refractivity contribution in [1.82, 2.24) is 14.9 Å². The van der Waals surface area contributed by atoms with Gasteiger partial charge in [-0.25, -0.2) is 4.98 Å². The Morgan fingerprint density at radius 1 is 1.25 bits per heavy atom. The fourth-order valence-corrected chi connectivity index (χ4v) is 3.64. The molecule has 0 atom stereocenters. The van der Waals surface area contributed by atoms with Gasteiger partial charge in [0.25, 0.3) is 11.5 Å². The number of rotatable bonds is 4. The van der Waals surface area contributed by atoms with E-state index in [1.807, 2.05) is 44.2 Å². The van der Waals surface area contributed by atoms with Crippen molar-refractivity contribution < 1.29 is 4.79 Å². The van der Waals surface area contributed by atoms with Crippen LogP contribution in [0.5, 0.6) is 0 Å². The summed E-state index contributed by atoms with van der Waals surface area (Å²) in [6, 6.07) is 9.37. The molecule has 2 heterocycles. The van der Waals surface area contributed by atoms with Gasteiger partial charge in [-0.2, -0.15) is 0 Å². The van der Waals surface area contributed by atoms with Crippen molar-refractivity contribution in [3.8, 4) is 11.4 Å². The summed E-state index contributed by atoms with van der Waals surface area (Å²) in [6.45, 7) is 4.98. The fourth-order valence-electron chi connectivity index (χ4n) is 2.58. The predicted octanol–water partition coefficient (Wildman–Crippen LogP) is 2.72. The van der Waals surface area contributed by atoms with E-state index >= 15 is 0 Å². The molecule has 124 valence electrons. The number of carbonyl (C=O) groups is 1. The van der Waals surface area contributed by atoms with E-state index in [0.29, 0.717) is 28.6 Å². The van der Waals surface area contributed by atoms with Gasteiger partial charge in [-0.1, -0.05) is 30.3 Å². The summed E-state index contributed by atoms with van der Waals surface area (Å²) < 4.78 is 0. The highest BCUT2D eigenvalue weighted by Crippen LogP contribution is 2.32. The second kappa shape index (κ2) is 6.45. The van der Waals surface area contributed by atoms with Gasteiger partial charge in [-0.15, -0.1) is 11.3 Å². The van der Waals surface area contributed by atoms with Crippen LogP contribution in [0.25, 0.3) is 21.6 Å². The number of amides is 1. The van der Waals surface area contributed by atoms with Gasteiger partial charge in [0, 0.05) is 18.7 Å². The third kappa shape index (κ3) is 2.67. The van der Waals surface area contributed by atoms with Crippen molar-refractivity contribution in [1.29, 1.82) is 0 Å². The molecule has 6 nitrogen and oxygen atoms in total. The Balaban J connectivity index is 2.16.